The van der Waals surface area contributed by atoms with Crippen LogP contribution in [0.25, 0.3) is 10.8 Å². The van der Waals surface area contributed by atoms with Crippen molar-refractivity contribution in [2.75, 3.05) is 0 Å². The van der Waals surface area contributed by atoms with Crippen LogP contribution in [-0.2, 0) is 32.0 Å². The van der Waals surface area contributed by atoms with Gasteiger partial charge in [-0.05, 0) is 49.8 Å². The first-order chi connectivity index (χ1) is 16.2. The molecule has 2 aromatic rings. The molecule has 0 radical (unpaired) electrons. The lowest BCUT2D eigenvalue weighted by Gasteiger charge is -2.39. The van der Waals surface area contributed by atoms with Crippen LogP contribution in [0.5, 0.6) is 17.2 Å². The number of Topliss-reactive ketones (excluding diaryl/α,β-unsaturated/α-hetero) is 3. The zero-order valence-corrected chi connectivity index (χ0v) is 20.0. The Kier molecular flexibility index (Phi) is 7.03. The summed E-state index contributed by atoms with van der Waals surface area (Å²) in [7, 11) is 0. The summed E-state index contributed by atoms with van der Waals surface area (Å²) in [6.07, 6.45) is -1.24. The van der Waals surface area contributed by atoms with Crippen molar-refractivity contribution in [1.29, 1.82) is 0 Å². The van der Waals surface area contributed by atoms with Gasteiger partial charge in [0.15, 0.2) is 6.10 Å². The second kappa shape index (κ2) is 9.50. The number of carbonyl (C=O) groups excluding carboxylic acids is 4. The Morgan fingerprint density at radius 3 is 2.34 bits per heavy atom. The number of allylic oxidation sites excluding steroid dienone is 2. The highest BCUT2D eigenvalue weighted by Gasteiger charge is 2.52. The van der Waals surface area contributed by atoms with E-state index in [4.69, 9.17) is 4.74 Å². The number of hydrogen-bond donors (Lipinski definition) is 4. The first kappa shape index (κ1) is 25.9. The Balaban J connectivity index is 2.35. The number of phenolic OH excluding ortho intramolecular Hbond substituents is 3. The topological polar surface area (TPSA) is 158 Å². The van der Waals surface area contributed by atoms with E-state index < -0.39 is 59.4 Å². The number of aromatic hydroxyl groups is 3. The van der Waals surface area contributed by atoms with Crippen molar-refractivity contribution in [2.45, 2.75) is 65.1 Å². The molecule has 0 fully saturated rings. The third kappa shape index (κ3) is 5.05. The van der Waals surface area contributed by atoms with Gasteiger partial charge in [0.05, 0.1) is 17.4 Å². The standard InChI is InChI=1S/C26H28O9/c1-12(2)5-6-17-18-8-15(29)9-20(31)21(18)23(32)22-19(17)11-26(34,10-16(30)7-13(3)27)25(24(22)33)35-14(4)28/h5,8-9,25,29,31-32,34H,6-7,10-11H2,1-4H3/t25-,26+/m1/s1. The fourth-order valence-corrected chi connectivity index (χ4v) is 4.62. The molecule has 3 rings (SSSR count). The van der Waals surface area contributed by atoms with E-state index in [-0.39, 0.29) is 40.5 Å². The van der Waals surface area contributed by atoms with Gasteiger partial charge in [-0.15, -0.1) is 0 Å². The molecular formula is C26H28O9. The zero-order valence-electron chi connectivity index (χ0n) is 20.0. The maximum Gasteiger partial charge on any atom is 0.303 e. The number of fused-ring (bicyclic) bond motifs is 2. The molecule has 0 saturated carbocycles. The van der Waals surface area contributed by atoms with Crippen molar-refractivity contribution in [3.63, 3.8) is 0 Å². The van der Waals surface area contributed by atoms with Gasteiger partial charge in [-0.3, -0.25) is 19.2 Å². The summed E-state index contributed by atoms with van der Waals surface area (Å²) in [6.45, 7) is 5.95. The van der Waals surface area contributed by atoms with Crippen molar-refractivity contribution < 1.29 is 44.3 Å². The van der Waals surface area contributed by atoms with Gasteiger partial charge in [-0.25, -0.2) is 0 Å². The van der Waals surface area contributed by atoms with E-state index in [1.165, 1.54) is 13.0 Å². The maximum absolute atomic E-state index is 13.6. The molecule has 0 aromatic heterocycles. The normalized spacial score (nSPS) is 19.2. The molecule has 1 aliphatic rings. The van der Waals surface area contributed by atoms with Crippen LogP contribution < -0.4 is 0 Å². The number of esters is 1. The van der Waals surface area contributed by atoms with Gasteiger partial charge >= 0.3 is 5.97 Å². The smallest absolute Gasteiger partial charge is 0.303 e. The number of ether oxygens (including phenoxy) is 1. The van der Waals surface area contributed by atoms with Gasteiger partial charge in [-0.2, -0.15) is 0 Å². The molecule has 1 aliphatic carbocycles. The summed E-state index contributed by atoms with van der Waals surface area (Å²) in [5.41, 5.74) is -0.862. The predicted octanol–water partition coefficient (Wildman–Crippen LogP) is 2.81. The van der Waals surface area contributed by atoms with E-state index in [1.807, 2.05) is 19.9 Å². The molecule has 186 valence electrons. The first-order valence-corrected chi connectivity index (χ1v) is 11.1. The largest absolute Gasteiger partial charge is 0.508 e. The maximum atomic E-state index is 13.6. The Bertz CT molecular complexity index is 1280. The van der Waals surface area contributed by atoms with Crippen LogP contribution in [0.3, 0.4) is 0 Å². The Hall–Kier alpha value is -3.72. The molecule has 35 heavy (non-hydrogen) atoms. The van der Waals surface area contributed by atoms with Crippen LogP contribution in [0.2, 0.25) is 0 Å². The van der Waals surface area contributed by atoms with Crippen LogP contribution in [-0.4, -0.2) is 55.5 Å². The summed E-state index contributed by atoms with van der Waals surface area (Å²) in [6, 6.07) is 2.35. The molecule has 4 N–H and O–H groups in total. The third-order valence-corrected chi connectivity index (χ3v) is 5.97. The monoisotopic (exact) mass is 484 g/mol. The predicted molar refractivity (Wildman–Crippen MR) is 126 cm³/mol. The second-order valence-electron chi connectivity index (χ2n) is 9.28. The van der Waals surface area contributed by atoms with E-state index in [2.05, 4.69) is 0 Å². The van der Waals surface area contributed by atoms with E-state index in [9.17, 15) is 39.6 Å². The number of rotatable bonds is 7. The lowest BCUT2D eigenvalue weighted by atomic mass is 9.71. The Labute approximate surface area is 201 Å². The molecule has 9 heteroatoms. The summed E-state index contributed by atoms with van der Waals surface area (Å²) >= 11 is 0. The van der Waals surface area contributed by atoms with Crippen molar-refractivity contribution in [1.82, 2.24) is 0 Å². The van der Waals surface area contributed by atoms with Gasteiger partial charge in [0.2, 0.25) is 5.78 Å². The molecule has 2 atom stereocenters. The first-order valence-electron chi connectivity index (χ1n) is 11.1. The fraction of sp³-hybridized carbons (Fsp3) is 0.385. The van der Waals surface area contributed by atoms with Crippen LogP contribution >= 0.6 is 0 Å². The second-order valence-corrected chi connectivity index (χ2v) is 9.28. The summed E-state index contributed by atoms with van der Waals surface area (Å²) in [4.78, 5) is 49.3. The van der Waals surface area contributed by atoms with Crippen molar-refractivity contribution >= 4 is 34.1 Å². The van der Waals surface area contributed by atoms with Crippen molar-refractivity contribution in [3.05, 3.63) is 40.5 Å². The highest BCUT2D eigenvalue weighted by molar-refractivity contribution is 6.13. The number of benzene rings is 2. The molecule has 9 nitrogen and oxygen atoms in total. The fourth-order valence-electron chi connectivity index (χ4n) is 4.62. The Morgan fingerprint density at radius 2 is 1.77 bits per heavy atom. The Morgan fingerprint density at radius 1 is 1.11 bits per heavy atom. The highest BCUT2D eigenvalue weighted by atomic mass is 16.6. The summed E-state index contributed by atoms with van der Waals surface area (Å²) in [5.74, 6) is -4.23. The van der Waals surface area contributed by atoms with E-state index in [0.717, 1.165) is 18.6 Å². The minimum atomic E-state index is -2.18. The van der Waals surface area contributed by atoms with Crippen molar-refractivity contribution in [2.24, 2.45) is 0 Å². The quantitative estimate of drug-likeness (QED) is 0.263. The van der Waals surface area contributed by atoms with Gasteiger partial charge in [0.1, 0.15) is 34.4 Å². The van der Waals surface area contributed by atoms with Gasteiger partial charge in [-0.1, -0.05) is 11.6 Å². The SMILES string of the molecule is CC(=O)CC(=O)C[C@]1(O)Cc2c(c(O)c3c(O)cc(O)cc3c2CC=C(C)C)C(=O)[C@H]1OC(C)=O. The molecule has 0 amide bonds. The van der Waals surface area contributed by atoms with Gasteiger partial charge in [0.25, 0.3) is 0 Å². The number of carbonyl (C=O) groups is 4. The minimum absolute atomic E-state index is 0.0771. The molecule has 0 aliphatic heterocycles. The molecule has 0 unspecified atom stereocenters. The van der Waals surface area contributed by atoms with Crippen LogP contribution in [0.1, 0.15) is 62.0 Å². The van der Waals surface area contributed by atoms with Gasteiger partial charge in [0, 0.05) is 25.8 Å². The lowest BCUT2D eigenvalue weighted by Crippen LogP contribution is -2.55. The molecule has 0 heterocycles. The number of aliphatic hydroxyl groups is 1. The zero-order chi connectivity index (χ0) is 26.2. The molecule has 0 spiro atoms. The van der Waals surface area contributed by atoms with Crippen LogP contribution in [0.4, 0.5) is 0 Å². The van der Waals surface area contributed by atoms with Crippen LogP contribution in [0, 0.1) is 0 Å². The molecule has 2 aromatic carbocycles. The minimum Gasteiger partial charge on any atom is -0.508 e. The molecule has 0 bridgehead atoms. The van der Waals surface area contributed by atoms with E-state index >= 15 is 0 Å². The lowest BCUT2D eigenvalue weighted by molar-refractivity contribution is -0.160. The van der Waals surface area contributed by atoms with Crippen molar-refractivity contribution in [3.8, 4) is 17.2 Å². The average molecular weight is 485 g/mol. The van der Waals surface area contributed by atoms with Crippen LogP contribution in [0.15, 0.2) is 23.8 Å². The third-order valence-electron chi connectivity index (χ3n) is 5.97. The summed E-state index contributed by atoms with van der Waals surface area (Å²) < 4.78 is 5.14. The highest BCUT2D eigenvalue weighted by Crippen LogP contribution is 2.47. The van der Waals surface area contributed by atoms with Gasteiger partial charge < -0.3 is 25.2 Å². The summed E-state index contributed by atoms with van der Waals surface area (Å²) in [5, 5.41) is 43.3. The molecular weight excluding hydrogens is 456 g/mol. The average Bonchev–Trinajstić information content (AvgIpc) is 2.68. The number of phenols is 3. The number of ketones is 3. The number of hydrogen-bond acceptors (Lipinski definition) is 9. The van der Waals surface area contributed by atoms with E-state index in [0.29, 0.717) is 5.56 Å². The van der Waals surface area contributed by atoms with E-state index in [1.54, 1.807) is 0 Å². The molecule has 0 saturated heterocycles.